The van der Waals surface area contributed by atoms with Crippen molar-refractivity contribution in [1.29, 1.82) is 0 Å². The van der Waals surface area contributed by atoms with Crippen LogP contribution in [0.1, 0.15) is 17.4 Å². The molecule has 0 spiro atoms. The van der Waals surface area contributed by atoms with E-state index in [0.717, 1.165) is 18.5 Å². The number of nitrogens with one attached hydrogen (secondary N) is 3. The van der Waals surface area contributed by atoms with Gasteiger partial charge in [-0.05, 0) is 42.8 Å². The third-order valence-electron chi connectivity index (χ3n) is 4.01. The van der Waals surface area contributed by atoms with Crippen molar-refractivity contribution in [3.8, 4) is 0 Å². The maximum absolute atomic E-state index is 12.2. The summed E-state index contributed by atoms with van der Waals surface area (Å²) in [7, 11) is -1.78. The van der Waals surface area contributed by atoms with Gasteiger partial charge in [0.2, 0.25) is 10.0 Å². The number of nitrogens with zero attached hydrogens (tertiary/aromatic N) is 1. The highest BCUT2D eigenvalue weighted by Crippen LogP contribution is 2.13. The summed E-state index contributed by atoms with van der Waals surface area (Å²) in [6, 6.07) is 11.0. The molecule has 0 aliphatic heterocycles. The summed E-state index contributed by atoms with van der Waals surface area (Å²) in [5.74, 6) is 1.14. The SMILES string of the molecule is CN=C(NCCNS(=O)(=O)c1ccc(C)cc1)NCC(C)Cc1cccs1. The van der Waals surface area contributed by atoms with E-state index in [-0.39, 0.29) is 11.4 Å². The molecule has 0 fully saturated rings. The fraction of sp³-hybridized carbons (Fsp3) is 0.421. The average Bonchev–Trinajstić information content (AvgIpc) is 3.14. The summed E-state index contributed by atoms with van der Waals surface area (Å²) in [5.41, 5.74) is 1.03. The Balaban J connectivity index is 1.70. The van der Waals surface area contributed by atoms with E-state index in [1.54, 1.807) is 42.6 Å². The molecule has 0 amide bonds. The summed E-state index contributed by atoms with van der Waals surface area (Å²) in [5, 5.41) is 8.51. The zero-order valence-corrected chi connectivity index (χ0v) is 17.7. The van der Waals surface area contributed by atoms with E-state index < -0.39 is 10.0 Å². The summed E-state index contributed by atoms with van der Waals surface area (Å²) in [6.45, 7) is 5.64. The number of thiophene rings is 1. The van der Waals surface area contributed by atoms with Gasteiger partial charge in [0, 0.05) is 31.6 Å². The third kappa shape index (κ3) is 7.32. The first-order valence-corrected chi connectivity index (χ1v) is 11.3. The highest BCUT2D eigenvalue weighted by atomic mass is 32.2. The number of benzene rings is 1. The largest absolute Gasteiger partial charge is 0.356 e. The lowest BCUT2D eigenvalue weighted by molar-refractivity contribution is 0.561. The Morgan fingerprint density at radius 2 is 1.89 bits per heavy atom. The Morgan fingerprint density at radius 3 is 2.52 bits per heavy atom. The van der Waals surface area contributed by atoms with Crippen molar-refractivity contribution in [2.24, 2.45) is 10.9 Å². The third-order valence-corrected chi connectivity index (χ3v) is 6.39. The molecular formula is C19H28N4O2S2. The van der Waals surface area contributed by atoms with E-state index in [4.69, 9.17) is 0 Å². The quantitative estimate of drug-likeness (QED) is 0.338. The van der Waals surface area contributed by atoms with Crippen molar-refractivity contribution in [3.63, 3.8) is 0 Å². The fourth-order valence-electron chi connectivity index (χ4n) is 2.50. The van der Waals surface area contributed by atoms with Gasteiger partial charge in [-0.25, -0.2) is 13.1 Å². The molecule has 27 heavy (non-hydrogen) atoms. The molecule has 0 saturated carbocycles. The molecule has 3 N–H and O–H groups in total. The summed E-state index contributed by atoms with van der Waals surface area (Å²) in [4.78, 5) is 5.83. The van der Waals surface area contributed by atoms with Crippen LogP contribution in [0.15, 0.2) is 51.7 Å². The summed E-state index contributed by atoms with van der Waals surface area (Å²) in [6.07, 6.45) is 1.03. The van der Waals surface area contributed by atoms with Crippen molar-refractivity contribution in [1.82, 2.24) is 15.4 Å². The monoisotopic (exact) mass is 408 g/mol. The van der Waals surface area contributed by atoms with E-state index in [1.807, 2.05) is 6.92 Å². The Morgan fingerprint density at radius 1 is 1.15 bits per heavy atom. The predicted molar refractivity (Wildman–Crippen MR) is 113 cm³/mol. The van der Waals surface area contributed by atoms with Crippen LogP contribution in [0, 0.1) is 12.8 Å². The molecule has 0 aliphatic rings. The van der Waals surface area contributed by atoms with Crippen LogP contribution < -0.4 is 15.4 Å². The molecule has 1 heterocycles. The van der Waals surface area contributed by atoms with E-state index in [2.05, 4.69) is 44.8 Å². The number of aliphatic imine (C=N–C) groups is 1. The number of guanidine groups is 1. The summed E-state index contributed by atoms with van der Waals surface area (Å²) >= 11 is 1.77. The lowest BCUT2D eigenvalue weighted by Crippen LogP contribution is -2.43. The van der Waals surface area contributed by atoms with Crippen LogP contribution in [-0.4, -0.2) is 41.1 Å². The van der Waals surface area contributed by atoms with Crippen LogP contribution in [0.3, 0.4) is 0 Å². The average molecular weight is 409 g/mol. The molecule has 8 heteroatoms. The van der Waals surface area contributed by atoms with Gasteiger partial charge in [0.15, 0.2) is 5.96 Å². The Kier molecular flexibility index (Phi) is 8.27. The Hall–Kier alpha value is -1.90. The van der Waals surface area contributed by atoms with Crippen LogP contribution in [0.2, 0.25) is 0 Å². The van der Waals surface area contributed by atoms with Gasteiger partial charge in [-0.15, -0.1) is 11.3 Å². The zero-order chi connectivity index (χ0) is 19.7. The lowest BCUT2D eigenvalue weighted by atomic mass is 10.1. The first-order valence-electron chi connectivity index (χ1n) is 8.94. The van der Waals surface area contributed by atoms with Crippen LogP contribution in [0.5, 0.6) is 0 Å². The van der Waals surface area contributed by atoms with Gasteiger partial charge >= 0.3 is 0 Å². The van der Waals surface area contributed by atoms with E-state index in [1.165, 1.54) is 4.88 Å². The molecule has 0 radical (unpaired) electrons. The normalized spacial score (nSPS) is 13.4. The fourth-order valence-corrected chi connectivity index (χ4v) is 4.40. The number of hydrogen-bond acceptors (Lipinski definition) is 4. The lowest BCUT2D eigenvalue weighted by Gasteiger charge is -2.16. The minimum atomic E-state index is -3.49. The highest BCUT2D eigenvalue weighted by molar-refractivity contribution is 7.89. The maximum atomic E-state index is 12.2. The van der Waals surface area contributed by atoms with E-state index in [0.29, 0.717) is 18.4 Å². The highest BCUT2D eigenvalue weighted by Gasteiger charge is 2.12. The molecule has 6 nitrogen and oxygen atoms in total. The van der Waals surface area contributed by atoms with Crippen molar-refractivity contribution < 1.29 is 8.42 Å². The van der Waals surface area contributed by atoms with Gasteiger partial charge in [0.1, 0.15) is 0 Å². The van der Waals surface area contributed by atoms with Gasteiger partial charge < -0.3 is 10.6 Å². The molecule has 0 aliphatic carbocycles. The number of sulfonamides is 1. The van der Waals surface area contributed by atoms with Crippen molar-refractivity contribution in [2.45, 2.75) is 25.2 Å². The Bertz CT molecular complexity index is 816. The number of hydrogen-bond donors (Lipinski definition) is 3. The number of rotatable bonds is 9. The van der Waals surface area contributed by atoms with Gasteiger partial charge in [-0.2, -0.15) is 0 Å². The Labute approximate surface area is 166 Å². The maximum Gasteiger partial charge on any atom is 0.240 e. The molecule has 0 saturated heterocycles. The smallest absolute Gasteiger partial charge is 0.240 e. The van der Waals surface area contributed by atoms with Crippen LogP contribution in [0.4, 0.5) is 0 Å². The number of aryl methyl sites for hydroxylation is 1. The van der Waals surface area contributed by atoms with Crippen LogP contribution >= 0.6 is 11.3 Å². The second-order valence-electron chi connectivity index (χ2n) is 6.48. The molecule has 2 rings (SSSR count). The van der Waals surface area contributed by atoms with Crippen LogP contribution in [-0.2, 0) is 16.4 Å². The van der Waals surface area contributed by atoms with Crippen molar-refractivity contribution in [3.05, 3.63) is 52.2 Å². The first kappa shape index (κ1) is 21.4. The molecule has 2 aromatic rings. The summed E-state index contributed by atoms with van der Waals surface area (Å²) < 4.78 is 27.1. The molecular weight excluding hydrogens is 380 g/mol. The molecule has 1 unspecified atom stereocenters. The van der Waals surface area contributed by atoms with E-state index >= 15 is 0 Å². The molecule has 1 aromatic heterocycles. The van der Waals surface area contributed by atoms with E-state index in [9.17, 15) is 8.42 Å². The van der Waals surface area contributed by atoms with Gasteiger partial charge in [-0.3, -0.25) is 4.99 Å². The molecule has 1 atom stereocenters. The second kappa shape index (κ2) is 10.4. The minimum absolute atomic E-state index is 0.276. The van der Waals surface area contributed by atoms with Crippen LogP contribution in [0.25, 0.3) is 0 Å². The zero-order valence-electron chi connectivity index (χ0n) is 16.0. The molecule has 0 bridgehead atoms. The predicted octanol–water partition coefficient (Wildman–Crippen LogP) is 2.38. The van der Waals surface area contributed by atoms with Crippen molar-refractivity contribution >= 4 is 27.3 Å². The van der Waals surface area contributed by atoms with Crippen molar-refractivity contribution in [2.75, 3.05) is 26.7 Å². The van der Waals surface area contributed by atoms with Gasteiger partial charge in [-0.1, -0.05) is 30.7 Å². The van der Waals surface area contributed by atoms with Gasteiger partial charge in [0.25, 0.3) is 0 Å². The minimum Gasteiger partial charge on any atom is -0.356 e. The first-order chi connectivity index (χ1) is 12.9. The van der Waals surface area contributed by atoms with Gasteiger partial charge in [0.05, 0.1) is 4.90 Å². The molecule has 1 aromatic carbocycles. The topological polar surface area (TPSA) is 82.6 Å². The molecule has 148 valence electrons. The standard InChI is InChI=1S/C19H28N4O2S2/c1-15-6-8-18(9-7-15)27(24,25)23-11-10-21-19(20-3)22-14-16(2)13-17-5-4-12-26-17/h4-9,12,16,23H,10-11,13-14H2,1-3H3,(H2,20,21,22). The second-order valence-corrected chi connectivity index (χ2v) is 9.28.